The van der Waals surface area contributed by atoms with E-state index in [4.69, 9.17) is 4.74 Å². The monoisotopic (exact) mass is 263 g/mol. The number of alkyl halides is 2. The first kappa shape index (κ1) is 14.9. The van der Waals surface area contributed by atoms with Gasteiger partial charge >= 0.3 is 5.97 Å². The predicted molar refractivity (Wildman–Crippen MR) is 61.2 cm³/mol. The highest BCUT2D eigenvalue weighted by atomic mass is 19.3. The average Bonchev–Trinajstić information content (AvgIpc) is 2.97. The molecule has 1 rings (SSSR count). The van der Waals surface area contributed by atoms with E-state index in [1.54, 1.807) is 0 Å². The Morgan fingerprint density at radius 1 is 1.44 bits per heavy atom. The Morgan fingerprint density at radius 2 is 2.06 bits per heavy atom. The highest BCUT2D eigenvalue weighted by Gasteiger charge is 2.30. The number of nitrogens with one attached hydrogen (secondary N) is 1. The van der Waals surface area contributed by atoms with E-state index in [0.29, 0.717) is 0 Å². The largest absolute Gasteiger partial charge is 0.452 e. The molecular weight excluding hydrogens is 244 g/mol. The Balaban J connectivity index is 2.38. The van der Waals surface area contributed by atoms with Gasteiger partial charge in [0.2, 0.25) is 5.92 Å². The summed E-state index contributed by atoms with van der Waals surface area (Å²) in [5, 5.41) is 2.70. The molecule has 0 heterocycles. The van der Waals surface area contributed by atoms with Gasteiger partial charge in [0.05, 0.1) is 0 Å². The molecule has 1 saturated carbocycles. The van der Waals surface area contributed by atoms with E-state index in [-0.39, 0.29) is 31.2 Å². The van der Waals surface area contributed by atoms with Crippen LogP contribution in [0, 0.1) is 0 Å². The summed E-state index contributed by atoms with van der Waals surface area (Å²) in [6.07, 6.45) is 0.838. The van der Waals surface area contributed by atoms with Crippen LogP contribution in [0.15, 0.2) is 0 Å². The Bertz CT molecular complexity index is 311. The van der Waals surface area contributed by atoms with Crippen LogP contribution in [0.4, 0.5) is 8.78 Å². The van der Waals surface area contributed by atoms with Gasteiger partial charge in [0.15, 0.2) is 6.10 Å². The Hall–Kier alpha value is -1.20. The second kappa shape index (κ2) is 6.11. The number of carbonyl (C=O) groups is 2. The molecule has 1 amide bonds. The molecule has 1 atom stereocenters. The van der Waals surface area contributed by atoms with Crippen LogP contribution in [0.3, 0.4) is 0 Å². The summed E-state index contributed by atoms with van der Waals surface area (Å²) in [7, 11) is 0. The van der Waals surface area contributed by atoms with Crippen molar-refractivity contribution in [1.82, 2.24) is 5.32 Å². The Kier molecular flexibility index (Phi) is 5.04. The van der Waals surface area contributed by atoms with Crippen LogP contribution in [-0.2, 0) is 14.3 Å². The minimum absolute atomic E-state index is 0.127. The molecule has 18 heavy (non-hydrogen) atoms. The number of carbonyl (C=O) groups excluding carboxylic acids is 2. The average molecular weight is 263 g/mol. The number of ether oxygens (including phenoxy) is 1. The van der Waals surface area contributed by atoms with Gasteiger partial charge in [-0.25, -0.2) is 8.78 Å². The van der Waals surface area contributed by atoms with Crippen molar-refractivity contribution < 1.29 is 23.1 Å². The van der Waals surface area contributed by atoms with E-state index in [2.05, 4.69) is 5.32 Å². The normalized spacial score (nSPS) is 17.1. The molecule has 0 bridgehead atoms. The standard InChI is InChI=1S/C12H19F2NO3/c1-8(16)18-10(4-3-7-12(2,13)14)11(17)15-9-5-6-9/h9-10H,3-7H2,1-2H3,(H,15,17). The van der Waals surface area contributed by atoms with Gasteiger partial charge in [-0.3, -0.25) is 9.59 Å². The first-order valence-corrected chi connectivity index (χ1v) is 6.13. The van der Waals surface area contributed by atoms with Crippen molar-refractivity contribution in [1.29, 1.82) is 0 Å². The van der Waals surface area contributed by atoms with Crippen LogP contribution in [-0.4, -0.2) is 29.9 Å². The number of hydrogen-bond acceptors (Lipinski definition) is 3. The zero-order valence-corrected chi connectivity index (χ0v) is 10.7. The van der Waals surface area contributed by atoms with Crippen LogP contribution >= 0.6 is 0 Å². The van der Waals surface area contributed by atoms with Gasteiger partial charge in [0.25, 0.3) is 5.91 Å². The van der Waals surface area contributed by atoms with Crippen LogP contribution < -0.4 is 5.32 Å². The van der Waals surface area contributed by atoms with Gasteiger partial charge in [0, 0.05) is 19.4 Å². The summed E-state index contributed by atoms with van der Waals surface area (Å²) in [6, 6.07) is 0.156. The summed E-state index contributed by atoms with van der Waals surface area (Å²) in [4.78, 5) is 22.6. The second-order valence-corrected chi connectivity index (χ2v) is 4.84. The van der Waals surface area contributed by atoms with Gasteiger partial charge < -0.3 is 10.1 Å². The van der Waals surface area contributed by atoms with Gasteiger partial charge in [-0.2, -0.15) is 0 Å². The van der Waals surface area contributed by atoms with E-state index < -0.39 is 18.0 Å². The zero-order valence-electron chi connectivity index (χ0n) is 10.7. The summed E-state index contributed by atoms with van der Waals surface area (Å²) in [5.74, 6) is -3.71. The molecule has 1 unspecified atom stereocenters. The molecule has 1 fully saturated rings. The SMILES string of the molecule is CC(=O)OC(CCCC(C)(F)F)C(=O)NC1CC1. The Labute approximate surface area is 105 Å². The lowest BCUT2D eigenvalue weighted by Gasteiger charge is -2.17. The molecule has 6 heteroatoms. The molecule has 1 aliphatic carbocycles. The molecule has 0 aromatic carbocycles. The van der Waals surface area contributed by atoms with Gasteiger partial charge in [-0.05, 0) is 32.6 Å². The summed E-state index contributed by atoms with van der Waals surface area (Å²) < 4.78 is 30.2. The zero-order chi connectivity index (χ0) is 13.8. The minimum atomic E-state index is -2.76. The molecular formula is C12H19F2NO3. The fraction of sp³-hybridized carbons (Fsp3) is 0.833. The van der Waals surface area contributed by atoms with E-state index in [0.717, 1.165) is 19.8 Å². The van der Waals surface area contributed by atoms with Crippen molar-refractivity contribution in [3.8, 4) is 0 Å². The minimum Gasteiger partial charge on any atom is -0.452 e. The summed E-state index contributed by atoms with van der Waals surface area (Å²) in [5.41, 5.74) is 0. The maximum absolute atomic E-state index is 12.6. The number of halogens is 2. The quantitative estimate of drug-likeness (QED) is 0.715. The highest BCUT2D eigenvalue weighted by Crippen LogP contribution is 2.22. The molecule has 0 radical (unpaired) electrons. The molecule has 1 aliphatic rings. The maximum Gasteiger partial charge on any atom is 0.303 e. The van der Waals surface area contributed by atoms with Crippen molar-refractivity contribution in [2.45, 2.75) is 64.0 Å². The molecule has 4 nitrogen and oxygen atoms in total. The van der Waals surface area contributed by atoms with Crippen LogP contribution in [0.1, 0.15) is 46.0 Å². The topological polar surface area (TPSA) is 55.4 Å². The van der Waals surface area contributed by atoms with Crippen LogP contribution in [0.25, 0.3) is 0 Å². The fourth-order valence-electron chi connectivity index (χ4n) is 1.56. The Morgan fingerprint density at radius 3 is 2.50 bits per heavy atom. The molecule has 0 aromatic rings. The smallest absolute Gasteiger partial charge is 0.303 e. The van der Waals surface area contributed by atoms with Crippen molar-refractivity contribution >= 4 is 11.9 Å². The van der Waals surface area contributed by atoms with Crippen molar-refractivity contribution in [3.63, 3.8) is 0 Å². The molecule has 104 valence electrons. The number of esters is 1. The lowest BCUT2D eigenvalue weighted by Crippen LogP contribution is -2.38. The van der Waals surface area contributed by atoms with E-state index in [9.17, 15) is 18.4 Å². The van der Waals surface area contributed by atoms with Crippen molar-refractivity contribution in [2.75, 3.05) is 0 Å². The molecule has 0 aliphatic heterocycles. The summed E-state index contributed by atoms with van der Waals surface area (Å²) in [6.45, 7) is 2.03. The predicted octanol–water partition coefficient (Wildman–Crippen LogP) is 2.02. The lowest BCUT2D eigenvalue weighted by molar-refractivity contribution is -0.154. The first-order chi connectivity index (χ1) is 8.28. The summed E-state index contributed by atoms with van der Waals surface area (Å²) >= 11 is 0. The number of hydrogen-bond donors (Lipinski definition) is 1. The fourth-order valence-corrected chi connectivity index (χ4v) is 1.56. The number of rotatable bonds is 7. The van der Waals surface area contributed by atoms with E-state index >= 15 is 0 Å². The molecule has 0 spiro atoms. The number of amides is 1. The lowest BCUT2D eigenvalue weighted by atomic mass is 10.1. The third kappa shape index (κ3) is 6.51. The van der Waals surface area contributed by atoms with Gasteiger partial charge in [-0.15, -0.1) is 0 Å². The molecule has 1 N–H and O–H groups in total. The van der Waals surface area contributed by atoms with E-state index in [1.165, 1.54) is 6.92 Å². The van der Waals surface area contributed by atoms with Gasteiger partial charge in [-0.1, -0.05) is 0 Å². The van der Waals surface area contributed by atoms with Crippen molar-refractivity contribution in [3.05, 3.63) is 0 Å². The van der Waals surface area contributed by atoms with Crippen LogP contribution in [0.2, 0.25) is 0 Å². The van der Waals surface area contributed by atoms with Crippen molar-refractivity contribution in [2.24, 2.45) is 0 Å². The molecule has 0 aromatic heterocycles. The second-order valence-electron chi connectivity index (χ2n) is 4.84. The third-order valence-electron chi connectivity index (χ3n) is 2.61. The van der Waals surface area contributed by atoms with Gasteiger partial charge in [0.1, 0.15) is 0 Å². The third-order valence-corrected chi connectivity index (χ3v) is 2.61. The first-order valence-electron chi connectivity index (χ1n) is 6.13. The molecule has 0 saturated heterocycles. The van der Waals surface area contributed by atoms with E-state index in [1.807, 2.05) is 0 Å². The highest BCUT2D eigenvalue weighted by molar-refractivity contribution is 5.83. The van der Waals surface area contributed by atoms with Crippen LogP contribution in [0.5, 0.6) is 0 Å². The maximum atomic E-state index is 12.6.